The van der Waals surface area contributed by atoms with Crippen LogP contribution < -0.4 is 10.1 Å². The first-order valence-electron chi connectivity index (χ1n) is 8.62. The molecule has 0 aliphatic heterocycles. The minimum Gasteiger partial charge on any atom is -0.506 e. The van der Waals surface area contributed by atoms with Crippen molar-refractivity contribution in [2.45, 2.75) is 25.9 Å². The third kappa shape index (κ3) is 5.89. The summed E-state index contributed by atoms with van der Waals surface area (Å²) in [6.45, 7) is 3.26. The third-order valence-corrected chi connectivity index (χ3v) is 5.91. The van der Waals surface area contributed by atoms with E-state index in [0.29, 0.717) is 25.9 Å². The van der Waals surface area contributed by atoms with Crippen molar-refractivity contribution >= 4 is 62.7 Å². The van der Waals surface area contributed by atoms with Gasteiger partial charge in [-0.25, -0.2) is 4.79 Å². The fraction of sp³-hybridized carbons (Fsp3) is 0.263. The molecule has 0 aliphatic rings. The Morgan fingerprint density at radius 1 is 1.27 bits per heavy atom. The number of carbonyl (C=O) groups excluding carboxylic acids is 1. The molecule has 0 saturated heterocycles. The lowest BCUT2D eigenvalue weighted by molar-refractivity contribution is -0.152. The van der Waals surface area contributed by atoms with E-state index in [0.717, 1.165) is 5.56 Å². The van der Waals surface area contributed by atoms with Gasteiger partial charge in [0.05, 0.1) is 14.8 Å². The Labute approximate surface area is 199 Å². The predicted octanol–water partition coefficient (Wildman–Crippen LogP) is 4.76. The number of hydrogen-bond donors (Lipinski definition) is 3. The second kappa shape index (κ2) is 10.2. The highest BCUT2D eigenvalue weighted by molar-refractivity contribution is 14.1. The van der Waals surface area contributed by atoms with Crippen LogP contribution in [-0.2, 0) is 11.2 Å². The normalized spacial score (nSPS) is 10.8. The van der Waals surface area contributed by atoms with Crippen molar-refractivity contribution in [2.24, 2.45) is 5.11 Å². The number of rotatable bonds is 8. The summed E-state index contributed by atoms with van der Waals surface area (Å²) in [5.41, 5.74) is 8.58. The minimum absolute atomic E-state index is 0.0975. The first-order chi connectivity index (χ1) is 14.1. The first-order valence-corrected chi connectivity index (χ1v) is 10.8. The van der Waals surface area contributed by atoms with Crippen molar-refractivity contribution in [3.05, 3.63) is 59.0 Å². The number of azide groups is 1. The van der Waals surface area contributed by atoms with Gasteiger partial charge in [-0.3, -0.25) is 4.79 Å². The van der Waals surface area contributed by atoms with Gasteiger partial charge in [-0.15, -0.1) is 0 Å². The van der Waals surface area contributed by atoms with Gasteiger partial charge in [-0.2, -0.15) is 0 Å². The van der Waals surface area contributed by atoms with E-state index in [1.54, 1.807) is 24.3 Å². The second-order valence-electron chi connectivity index (χ2n) is 6.67. The highest BCUT2D eigenvalue weighted by atomic mass is 127. The number of ether oxygens (including phenoxy) is 1. The number of carbonyl (C=O) groups is 2. The molecular formula is C19H18I2N4O5. The molecule has 11 heteroatoms. The van der Waals surface area contributed by atoms with Gasteiger partial charge in [-0.1, -0.05) is 17.2 Å². The van der Waals surface area contributed by atoms with Crippen LogP contribution in [0.1, 0.15) is 29.8 Å². The zero-order valence-electron chi connectivity index (χ0n) is 16.0. The smallest absolute Gasteiger partial charge is 0.347 e. The molecule has 0 heterocycles. The number of carboxylic acids is 1. The molecule has 0 saturated carbocycles. The van der Waals surface area contributed by atoms with Crippen molar-refractivity contribution in [2.75, 3.05) is 6.54 Å². The Morgan fingerprint density at radius 3 is 2.47 bits per heavy atom. The van der Waals surface area contributed by atoms with Gasteiger partial charge in [0, 0.05) is 15.0 Å². The average Bonchev–Trinajstić information content (AvgIpc) is 2.69. The Morgan fingerprint density at radius 2 is 1.90 bits per heavy atom. The van der Waals surface area contributed by atoms with E-state index in [1.165, 1.54) is 19.9 Å². The molecule has 0 spiro atoms. The maximum atomic E-state index is 12.4. The molecule has 2 aromatic rings. The van der Waals surface area contributed by atoms with Crippen molar-refractivity contribution in [1.82, 2.24) is 5.32 Å². The SMILES string of the molecule is CC(C)(Oc1ccc(CCNC(=O)c2cc(I)c(N=[N+]=[N-])c(I)c2O)cc1)C(=O)O. The van der Waals surface area contributed by atoms with Crippen LogP contribution in [-0.4, -0.2) is 34.2 Å². The lowest BCUT2D eigenvalue weighted by Gasteiger charge is -2.21. The van der Waals surface area contributed by atoms with E-state index in [9.17, 15) is 14.7 Å². The van der Waals surface area contributed by atoms with E-state index < -0.39 is 17.5 Å². The molecule has 2 rings (SSSR count). The standard InChI is InChI=1S/C19H18I2N4O5/c1-19(2,18(28)29)30-11-5-3-10(4-6-11)7-8-23-17(27)12-9-13(20)15(24-25-22)14(21)16(12)26/h3-6,9,26H,7-8H2,1-2H3,(H,23,27)(H,28,29). The quantitative estimate of drug-likeness (QED) is 0.166. The number of carboxylic acid groups (broad SMARTS) is 1. The molecule has 0 fully saturated rings. The largest absolute Gasteiger partial charge is 0.506 e. The number of phenols is 1. The topological polar surface area (TPSA) is 145 Å². The highest BCUT2D eigenvalue weighted by Gasteiger charge is 2.29. The van der Waals surface area contributed by atoms with Gasteiger partial charge >= 0.3 is 5.97 Å². The van der Waals surface area contributed by atoms with E-state index in [1.807, 2.05) is 45.2 Å². The number of phenolic OH excluding ortho intramolecular Hbond substituents is 1. The van der Waals surface area contributed by atoms with Crippen molar-refractivity contribution in [1.29, 1.82) is 0 Å². The van der Waals surface area contributed by atoms with Gasteiger partial charge in [-0.05, 0) is 94.7 Å². The Bertz CT molecular complexity index is 1020. The molecule has 0 unspecified atom stereocenters. The summed E-state index contributed by atoms with van der Waals surface area (Å²) >= 11 is 3.77. The number of nitrogens with one attached hydrogen (secondary N) is 1. The molecule has 30 heavy (non-hydrogen) atoms. The lowest BCUT2D eigenvalue weighted by atomic mass is 10.1. The van der Waals surface area contributed by atoms with E-state index >= 15 is 0 Å². The fourth-order valence-electron chi connectivity index (χ4n) is 2.39. The lowest BCUT2D eigenvalue weighted by Crippen LogP contribution is -2.37. The molecule has 2 aromatic carbocycles. The zero-order valence-corrected chi connectivity index (χ0v) is 20.3. The van der Waals surface area contributed by atoms with Gasteiger partial charge in [0.25, 0.3) is 5.91 Å². The van der Waals surface area contributed by atoms with Crippen LogP contribution in [0.4, 0.5) is 5.69 Å². The predicted molar refractivity (Wildman–Crippen MR) is 127 cm³/mol. The Balaban J connectivity index is 2.00. The monoisotopic (exact) mass is 636 g/mol. The van der Waals surface area contributed by atoms with Gasteiger partial charge in [0.1, 0.15) is 11.5 Å². The van der Waals surface area contributed by atoms with Crippen LogP contribution in [0.25, 0.3) is 10.4 Å². The molecule has 0 radical (unpaired) electrons. The molecule has 0 aromatic heterocycles. The van der Waals surface area contributed by atoms with Crippen molar-refractivity contribution in [3.8, 4) is 11.5 Å². The van der Waals surface area contributed by atoms with Crippen LogP contribution in [0.2, 0.25) is 0 Å². The Hall–Kier alpha value is -2.25. The average molecular weight is 636 g/mol. The summed E-state index contributed by atoms with van der Waals surface area (Å²) in [5.74, 6) is -1.31. The van der Waals surface area contributed by atoms with Crippen molar-refractivity contribution < 1.29 is 24.5 Å². The number of benzene rings is 2. The zero-order chi connectivity index (χ0) is 22.5. The number of halogens is 2. The van der Waals surface area contributed by atoms with Crippen LogP contribution >= 0.6 is 45.2 Å². The van der Waals surface area contributed by atoms with Crippen LogP contribution in [0, 0.1) is 7.14 Å². The second-order valence-corrected chi connectivity index (χ2v) is 8.91. The van der Waals surface area contributed by atoms with E-state index in [2.05, 4.69) is 15.3 Å². The molecule has 3 N–H and O–H groups in total. The molecule has 0 aliphatic carbocycles. The summed E-state index contributed by atoms with van der Waals surface area (Å²) in [6, 6.07) is 8.39. The van der Waals surface area contributed by atoms with E-state index in [4.69, 9.17) is 15.4 Å². The summed E-state index contributed by atoms with van der Waals surface area (Å²) in [6.07, 6.45) is 0.528. The first kappa shape index (κ1) is 24.0. The molecule has 158 valence electrons. The van der Waals surface area contributed by atoms with Crippen LogP contribution in [0.3, 0.4) is 0 Å². The van der Waals surface area contributed by atoms with Gasteiger partial charge < -0.3 is 20.3 Å². The fourth-order valence-corrected chi connectivity index (χ4v) is 4.28. The summed E-state index contributed by atoms with van der Waals surface area (Å²) in [7, 11) is 0. The number of nitrogens with zero attached hydrogens (tertiary/aromatic N) is 3. The number of amides is 1. The minimum atomic E-state index is -1.33. The maximum Gasteiger partial charge on any atom is 0.347 e. The summed E-state index contributed by atoms with van der Waals surface area (Å²) in [5, 5.41) is 25.7. The molecule has 1 amide bonds. The molecular weight excluding hydrogens is 618 g/mol. The summed E-state index contributed by atoms with van der Waals surface area (Å²) in [4.78, 5) is 26.3. The highest BCUT2D eigenvalue weighted by Crippen LogP contribution is 2.37. The number of aromatic hydroxyl groups is 1. The molecule has 9 nitrogen and oxygen atoms in total. The maximum absolute atomic E-state index is 12.4. The summed E-state index contributed by atoms with van der Waals surface area (Å²) < 4.78 is 6.31. The van der Waals surface area contributed by atoms with Crippen LogP contribution in [0.15, 0.2) is 35.4 Å². The molecule has 0 atom stereocenters. The van der Waals surface area contributed by atoms with Gasteiger partial charge in [0.15, 0.2) is 5.60 Å². The van der Waals surface area contributed by atoms with Gasteiger partial charge in [0.2, 0.25) is 0 Å². The number of hydrogen-bond acceptors (Lipinski definition) is 5. The molecule has 0 bridgehead atoms. The Kier molecular flexibility index (Phi) is 8.15. The van der Waals surface area contributed by atoms with E-state index in [-0.39, 0.29) is 17.0 Å². The number of aliphatic carboxylic acids is 1. The van der Waals surface area contributed by atoms with Crippen molar-refractivity contribution in [3.63, 3.8) is 0 Å². The third-order valence-electron chi connectivity index (χ3n) is 4.07. The van der Waals surface area contributed by atoms with Crippen LogP contribution in [0.5, 0.6) is 11.5 Å².